The second kappa shape index (κ2) is 5.60. The first-order chi connectivity index (χ1) is 8.16. The van der Waals surface area contributed by atoms with E-state index in [-0.39, 0.29) is 6.04 Å². The molecule has 5 heteroatoms. The molecule has 0 unspecified atom stereocenters. The van der Waals surface area contributed by atoms with Crippen molar-refractivity contribution in [3.05, 3.63) is 28.5 Å². The van der Waals surface area contributed by atoms with E-state index in [0.29, 0.717) is 6.54 Å². The molecule has 0 radical (unpaired) electrons. The smallest absolute Gasteiger partial charge is 0.320 e. The maximum absolute atomic E-state index is 11.1. The zero-order valence-corrected chi connectivity index (χ0v) is 11.1. The van der Waals surface area contributed by atoms with Crippen LogP contribution in [-0.4, -0.2) is 33.5 Å². The maximum Gasteiger partial charge on any atom is 0.320 e. The van der Waals surface area contributed by atoms with Gasteiger partial charge in [0.25, 0.3) is 0 Å². The number of rotatable bonds is 3. The Morgan fingerprint density at radius 2 is 2.35 bits per heavy atom. The van der Waals surface area contributed by atoms with Gasteiger partial charge in [0, 0.05) is 12.7 Å². The topological polar surface area (TPSA) is 53.4 Å². The number of nitrogens with zero attached hydrogens (tertiary/aromatic N) is 2. The molecular formula is C12H15BrN2O2. The molecule has 4 nitrogen and oxygen atoms in total. The van der Waals surface area contributed by atoms with Crippen molar-refractivity contribution in [1.29, 1.82) is 0 Å². The molecule has 1 fully saturated rings. The summed E-state index contributed by atoms with van der Waals surface area (Å²) >= 11 is 3.29. The SMILES string of the molecule is O=C(O)[C@H]1CCCCN1Cc1ccc(Br)nc1. The van der Waals surface area contributed by atoms with Crippen LogP contribution in [0.5, 0.6) is 0 Å². The quantitative estimate of drug-likeness (QED) is 0.870. The van der Waals surface area contributed by atoms with Crippen LogP contribution in [0.2, 0.25) is 0 Å². The van der Waals surface area contributed by atoms with Gasteiger partial charge in [-0.25, -0.2) is 4.98 Å². The minimum Gasteiger partial charge on any atom is -0.480 e. The van der Waals surface area contributed by atoms with E-state index in [1.165, 1.54) is 0 Å². The summed E-state index contributed by atoms with van der Waals surface area (Å²) in [5.74, 6) is -0.713. The lowest BCUT2D eigenvalue weighted by Crippen LogP contribution is -2.44. The third-order valence-electron chi connectivity index (χ3n) is 3.07. The van der Waals surface area contributed by atoms with Crippen LogP contribution < -0.4 is 0 Å². The van der Waals surface area contributed by atoms with Gasteiger partial charge in [-0.15, -0.1) is 0 Å². The standard InChI is InChI=1S/C12H15BrN2O2/c13-11-5-4-9(7-14-11)8-15-6-2-1-3-10(15)12(16)17/h4-5,7,10H,1-3,6,8H2,(H,16,17)/t10-/m1/s1. The second-order valence-electron chi connectivity index (χ2n) is 4.31. The first-order valence-electron chi connectivity index (χ1n) is 5.74. The second-order valence-corrected chi connectivity index (χ2v) is 5.12. The van der Waals surface area contributed by atoms with Gasteiger partial charge in [0.05, 0.1) is 0 Å². The third-order valence-corrected chi connectivity index (χ3v) is 3.54. The molecule has 17 heavy (non-hydrogen) atoms. The van der Waals surface area contributed by atoms with Gasteiger partial charge in [0.2, 0.25) is 0 Å². The number of aliphatic carboxylic acids is 1. The van der Waals surface area contributed by atoms with Crippen molar-refractivity contribution in [3.8, 4) is 0 Å². The predicted molar refractivity (Wildman–Crippen MR) is 67.6 cm³/mol. The van der Waals surface area contributed by atoms with E-state index in [9.17, 15) is 4.79 Å². The van der Waals surface area contributed by atoms with Crippen LogP contribution >= 0.6 is 15.9 Å². The zero-order chi connectivity index (χ0) is 12.3. The molecule has 92 valence electrons. The Kier molecular flexibility index (Phi) is 4.12. The number of aromatic nitrogens is 1. The summed E-state index contributed by atoms with van der Waals surface area (Å²) in [5.41, 5.74) is 1.06. The average molecular weight is 299 g/mol. The highest BCUT2D eigenvalue weighted by Crippen LogP contribution is 2.20. The van der Waals surface area contributed by atoms with Crippen LogP contribution in [0.4, 0.5) is 0 Å². The average Bonchev–Trinajstić information content (AvgIpc) is 2.32. The number of likely N-dealkylation sites (tertiary alicyclic amines) is 1. The van der Waals surface area contributed by atoms with E-state index in [0.717, 1.165) is 36.0 Å². The summed E-state index contributed by atoms with van der Waals surface area (Å²) in [6.07, 6.45) is 4.62. The van der Waals surface area contributed by atoms with Crippen LogP contribution in [0.25, 0.3) is 0 Å². The molecule has 0 spiro atoms. The number of halogens is 1. The zero-order valence-electron chi connectivity index (χ0n) is 9.47. The minimum absolute atomic E-state index is 0.340. The van der Waals surface area contributed by atoms with Crippen molar-refractivity contribution in [2.24, 2.45) is 0 Å². The fraction of sp³-hybridized carbons (Fsp3) is 0.500. The molecule has 1 atom stereocenters. The molecule has 1 aromatic heterocycles. The highest BCUT2D eigenvalue weighted by atomic mass is 79.9. The first kappa shape index (κ1) is 12.5. The monoisotopic (exact) mass is 298 g/mol. The van der Waals surface area contributed by atoms with Crippen LogP contribution in [0.15, 0.2) is 22.9 Å². The van der Waals surface area contributed by atoms with Crippen molar-refractivity contribution in [2.45, 2.75) is 31.8 Å². The van der Waals surface area contributed by atoms with E-state index in [1.54, 1.807) is 6.20 Å². The fourth-order valence-corrected chi connectivity index (χ4v) is 2.43. The summed E-state index contributed by atoms with van der Waals surface area (Å²) in [6, 6.07) is 3.52. The Balaban J connectivity index is 2.05. The number of piperidine rings is 1. The van der Waals surface area contributed by atoms with Crippen molar-refractivity contribution < 1.29 is 9.90 Å². The van der Waals surface area contributed by atoms with Crippen molar-refractivity contribution in [3.63, 3.8) is 0 Å². The summed E-state index contributed by atoms with van der Waals surface area (Å²) in [5, 5.41) is 9.17. The summed E-state index contributed by atoms with van der Waals surface area (Å²) in [7, 11) is 0. The molecule has 2 heterocycles. The highest BCUT2D eigenvalue weighted by molar-refractivity contribution is 9.10. The lowest BCUT2D eigenvalue weighted by atomic mass is 10.0. The number of carboxylic acid groups (broad SMARTS) is 1. The summed E-state index contributed by atoms with van der Waals surface area (Å²) < 4.78 is 0.801. The van der Waals surface area contributed by atoms with Gasteiger partial charge in [-0.2, -0.15) is 0 Å². The van der Waals surface area contributed by atoms with Crippen molar-refractivity contribution in [1.82, 2.24) is 9.88 Å². The van der Waals surface area contributed by atoms with Gasteiger partial charge in [-0.3, -0.25) is 9.69 Å². The van der Waals surface area contributed by atoms with E-state index in [4.69, 9.17) is 5.11 Å². The van der Waals surface area contributed by atoms with Crippen molar-refractivity contribution >= 4 is 21.9 Å². The Morgan fingerprint density at radius 1 is 1.53 bits per heavy atom. The molecule has 1 aromatic rings. The molecule has 1 N–H and O–H groups in total. The summed E-state index contributed by atoms with van der Waals surface area (Å²) in [4.78, 5) is 17.3. The number of carbonyl (C=O) groups is 1. The van der Waals surface area contributed by atoms with Crippen LogP contribution in [0, 0.1) is 0 Å². The van der Waals surface area contributed by atoms with Gasteiger partial charge >= 0.3 is 5.97 Å². The maximum atomic E-state index is 11.1. The van der Waals surface area contributed by atoms with Crippen LogP contribution in [0.3, 0.4) is 0 Å². The fourth-order valence-electron chi connectivity index (χ4n) is 2.19. The number of pyridine rings is 1. The van der Waals surface area contributed by atoms with Gasteiger partial charge < -0.3 is 5.11 Å². The molecule has 1 aliphatic heterocycles. The number of hydrogen-bond donors (Lipinski definition) is 1. The molecule has 0 bridgehead atoms. The molecular weight excluding hydrogens is 284 g/mol. The van der Waals surface area contributed by atoms with Crippen LogP contribution in [0.1, 0.15) is 24.8 Å². The molecule has 2 rings (SSSR count). The third kappa shape index (κ3) is 3.26. The first-order valence-corrected chi connectivity index (χ1v) is 6.53. The molecule has 0 aliphatic carbocycles. The van der Waals surface area contributed by atoms with Gasteiger partial charge in [0.1, 0.15) is 10.6 Å². The van der Waals surface area contributed by atoms with E-state index < -0.39 is 5.97 Å². The number of hydrogen-bond acceptors (Lipinski definition) is 3. The Hall–Kier alpha value is -0.940. The van der Waals surface area contributed by atoms with E-state index >= 15 is 0 Å². The van der Waals surface area contributed by atoms with Crippen molar-refractivity contribution in [2.75, 3.05) is 6.54 Å². The van der Waals surface area contributed by atoms with Crippen LogP contribution in [-0.2, 0) is 11.3 Å². The van der Waals surface area contributed by atoms with E-state index in [2.05, 4.69) is 20.9 Å². The van der Waals surface area contributed by atoms with Gasteiger partial charge in [0.15, 0.2) is 0 Å². The number of carboxylic acids is 1. The molecule has 0 aromatic carbocycles. The normalized spacial score (nSPS) is 21.4. The molecule has 0 saturated carbocycles. The molecule has 1 aliphatic rings. The Bertz CT molecular complexity index is 394. The van der Waals surface area contributed by atoms with E-state index in [1.807, 2.05) is 17.0 Å². The largest absolute Gasteiger partial charge is 0.480 e. The molecule has 0 amide bonds. The Morgan fingerprint density at radius 3 is 3.00 bits per heavy atom. The predicted octanol–water partition coefficient (Wildman–Crippen LogP) is 2.28. The lowest BCUT2D eigenvalue weighted by molar-refractivity contribution is -0.144. The lowest BCUT2D eigenvalue weighted by Gasteiger charge is -2.32. The summed E-state index contributed by atoms with van der Waals surface area (Å²) in [6.45, 7) is 1.52. The van der Waals surface area contributed by atoms with Gasteiger partial charge in [-0.1, -0.05) is 12.5 Å². The van der Waals surface area contributed by atoms with Gasteiger partial charge in [-0.05, 0) is 46.9 Å². The highest BCUT2D eigenvalue weighted by Gasteiger charge is 2.28. The Labute approximate surface area is 109 Å². The molecule has 1 saturated heterocycles. The minimum atomic E-state index is -0.713.